The number of aryl methyl sites for hydroxylation is 1. The zero-order chi connectivity index (χ0) is 15.9. The molecule has 1 amide bonds. The Morgan fingerprint density at radius 3 is 2.86 bits per heavy atom. The van der Waals surface area contributed by atoms with Crippen molar-refractivity contribution < 1.29 is 9.72 Å². The minimum Gasteiger partial charge on any atom is -0.352 e. The Labute approximate surface area is 129 Å². The lowest BCUT2D eigenvalue weighted by atomic mass is 9.84. The third-order valence-corrected chi connectivity index (χ3v) is 5.25. The molecule has 7 heteroatoms. The number of nitrogens with zero attached hydrogens (tertiary/aromatic N) is 3. The number of amides is 1. The van der Waals surface area contributed by atoms with Crippen molar-refractivity contribution in [3.05, 3.63) is 22.0 Å². The molecule has 7 nitrogen and oxygen atoms in total. The van der Waals surface area contributed by atoms with Crippen LogP contribution in [0.3, 0.4) is 0 Å². The molecule has 2 bridgehead atoms. The van der Waals surface area contributed by atoms with Gasteiger partial charge in [0, 0.05) is 6.04 Å². The Balaban J connectivity index is 1.56. The van der Waals surface area contributed by atoms with Crippen molar-refractivity contribution in [1.29, 1.82) is 0 Å². The van der Waals surface area contributed by atoms with Gasteiger partial charge in [-0.1, -0.05) is 6.42 Å². The molecule has 2 aliphatic carbocycles. The molecule has 1 N–H and O–H groups in total. The minimum absolute atomic E-state index is 0.0276. The van der Waals surface area contributed by atoms with Crippen molar-refractivity contribution in [1.82, 2.24) is 15.1 Å². The zero-order valence-electron chi connectivity index (χ0n) is 13.0. The van der Waals surface area contributed by atoms with E-state index in [-0.39, 0.29) is 24.2 Å². The highest BCUT2D eigenvalue weighted by atomic mass is 16.6. The molecule has 22 heavy (non-hydrogen) atoms. The van der Waals surface area contributed by atoms with E-state index in [4.69, 9.17) is 0 Å². The van der Waals surface area contributed by atoms with E-state index in [1.54, 1.807) is 6.92 Å². The molecule has 0 spiro atoms. The van der Waals surface area contributed by atoms with E-state index in [2.05, 4.69) is 17.3 Å². The van der Waals surface area contributed by atoms with Crippen LogP contribution in [0.5, 0.6) is 0 Å². The molecule has 1 aromatic rings. The smallest absolute Gasteiger partial charge is 0.309 e. The second kappa shape index (κ2) is 5.70. The Morgan fingerprint density at radius 1 is 1.55 bits per heavy atom. The molecule has 2 fully saturated rings. The molecule has 4 atom stereocenters. The fourth-order valence-electron chi connectivity index (χ4n) is 4.23. The van der Waals surface area contributed by atoms with Crippen molar-refractivity contribution in [3.63, 3.8) is 0 Å². The monoisotopic (exact) mass is 306 g/mol. The number of nitro groups is 1. The van der Waals surface area contributed by atoms with Crippen LogP contribution in [0.1, 0.15) is 38.3 Å². The third kappa shape index (κ3) is 2.84. The predicted octanol–water partition coefficient (Wildman–Crippen LogP) is 2.04. The summed E-state index contributed by atoms with van der Waals surface area (Å²) in [6, 6.07) is 0.162. The number of aromatic nitrogens is 2. The van der Waals surface area contributed by atoms with E-state index in [0.29, 0.717) is 11.6 Å². The summed E-state index contributed by atoms with van der Waals surface area (Å²) in [7, 11) is 0. The first-order valence-corrected chi connectivity index (χ1v) is 7.92. The van der Waals surface area contributed by atoms with Crippen molar-refractivity contribution >= 4 is 11.6 Å². The number of rotatable bonds is 5. The average Bonchev–Trinajstić information content (AvgIpc) is 3.13. The van der Waals surface area contributed by atoms with Crippen LogP contribution in [0.15, 0.2) is 6.20 Å². The predicted molar refractivity (Wildman–Crippen MR) is 80.2 cm³/mol. The number of fused-ring (bicyclic) bond motifs is 2. The average molecular weight is 306 g/mol. The lowest BCUT2D eigenvalue weighted by molar-refractivity contribution is -0.385. The van der Waals surface area contributed by atoms with Gasteiger partial charge in [-0.05, 0) is 50.9 Å². The third-order valence-electron chi connectivity index (χ3n) is 5.25. The first-order valence-electron chi connectivity index (χ1n) is 7.92. The van der Waals surface area contributed by atoms with Gasteiger partial charge in [-0.25, -0.2) is 0 Å². The summed E-state index contributed by atoms with van der Waals surface area (Å²) in [5.41, 5.74) is 0.285. The van der Waals surface area contributed by atoms with Crippen LogP contribution in [0.2, 0.25) is 0 Å². The molecule has 0 aromatic carbocycles. The van der Waals surface area contributed by atoms with E-state index in [0.717, 1.165) is 11.8 Å². The Kier molecular flexibility index (Phi) is 3.88. The number of carbonyl (C=O) groups excluding carboxylic acids is 1. The van der Waals surface area contributed by atoms with Gasteiger partial charge in [-0.2, -0.15) is 5.10 Å². The highest BCUT2D eigenvalue weighted by Crippen LogP contribution is 2.49. The Bertz CT molecular complexity index is 598. The fourth-order valence-corrected chi connectivity index (χ4v) is 4.23. The number of hydrogen-bond acceptors (Lipinski definition) is 4. The topological polar surface area (TPSA) is 90.1 Å². The maximum Gasteiger partial charge on any atom is 0.309 e. The zero-order valence-corrected chi connectivity index (χ0v) is 13.0. The van der Waals surface area contributed by atoms with Gasteiger partial charge in [-0.3, -0.25) is 19.6 Å². The molecular formula is C15H22N4O3. The van der Waals surface area contributed by atoms with Crippen molar-refractivity contribution in [2.45, 2.75) is 52.1 Å². The Morgan fingerprint density at radius 2 is 2.32 bits per heavy atom. The van der Waals surface area contributed by atoms with Gasteiger partial charge in [0.15, 0.2) is 0 Å². The summed E-state index contributed by atoms with van der Waals surface area (Å²) in [6.45, 7) is 3.67. The molecule has 2 aliphatic rings. The molecule has 1 heterocycles. The second-order valence-electron chi connectivity index (χ2n) is 6.75. The van der Waals surface area contributed by atoms with Gasteiger partial charge >= 0.3 is 5.69 Å². The van der Waals surface area contributed by atoms with E-state index < -0.39 is 4.92 Å². The van der Waals surface area contributed by atoms with Gasteiger partial charge in [0.1, 0.15) is 18.4 Å². The van der Waals surface area contributed by atoms with Crippen LogP contribution in [0.4, 0.5) is 5.69 Å². The first-order chi connectivity index (χ1) is 10.4. The summed E-state index contributed by atoms with van der Waals surface area (Å²) in [5.74, 6) is 2.06. The second-order valence-corrected chi connectivity index (χ2v) is 6.75. The standard InChI is InChI=1S/C15H22N4O3/c1-9(13-6-11-3-4-12(13)5-11)16-15(20)8-18-7-14(19(21)22)10(2)17-18/h7,9,11-13H,3-6,8H2,1-2H3,(H,16,20). The van der Waals surface area contributed by atoms with Crippen molar-refractivity contribution in [2.24, 2.45) is 17.8 Å². The summed E-state index contributed by atoms with van der Waals surface area (Å²) in [4.78, 5) is 22.5. The molecule has 120 valence electrons. The quantitative estimate of drug-likeness (QED) is 0.666. The van der Waals surface area contributed by atoms with Gasteiger partial charge in [0.25, 0.3) is 0 Å². The SMILES string of the molecule is Cc1nn(CC(=O)NC(C)C2CC3CCC2C3)cc1[N+](=O)[O-]. The van der Waals surface area contributed by atoms with Crippen LogP contribution in [-0.2, 0) is 11.3 Å². The summed E-state index contributed by atoms with van der Waals surface area (Å²) in [6.07, 6.45) is 6.49. The normalized spacial score (nSPS) is 27.8. The van der Waals surface area contributed by atoms with Crippen LogP contribution >= 0.6 is 0 Å². The molecule has 4 unspecified atom stereocenters. The molecule has 1 aromatic heterocycles. The van der Waals surface area contributed by atoms with E-state index in [9.17, 15) is 14.9 Å². The summed E-state index contributed by atoms with van der Waals surface area (Å²) in [5, 5.41) is 17.9. The molecular weight excluding hydrogens is 284 g/mol. The largest absolute Gasteiger partial charge is 0.352 e. The summed E-state index contributed by atoms with van der Waals surface area (Å²) >= 11 is 0. The highest BCUT2D eigenvalue weighted by molar-refractivity contribution is 5.76. The number of hydrogen-bond donors (Lipinski definition) is 1. The molecule has 3 rings (SSSR count). The lowest BCUT2D eigenvalue weighted by Crippen LogP contribution is -2.41. The van der Waals surface area contributed by atoms with E-state index in [1.165, 1.54) is 36.6 Å². The van der Waals surface area contributed by atoms with Crippen LogP contribution in [-0.4, -0.2) is 26.7 Å². The number of nitrogens with one attached hydrogen (secondary N) is 1. The number of carbonyl (C=O) groups is 1. The fraction of sp³-hybridized carbons (Fsp3) is 0.733. The maximum absolute atomic E-state index is 12.1. The minimum atomic E-state index is -0.478. The molecule has 0 aliphatic heterocycles. The van der Waals surface area contributed by atoms with E-state index in [1.807, 2.05) is 0 Å². The molecule has 2 saturated carbocycles. The summed E-state index contributed by atoms with van der Waals surface area (Å²) < 4.78 is 1.34. The highest BCUT2D eigenvalue weighted by Gasteiger charge is 2.42. The molecule has 0 radical (unpaired) electrons. The van der Waals surface area contributed by atoms with Gasteiger partial charge in [-0.15, -0.1) is 0 Å². The lowest BCUT2D eigenvalue weighted by Gasteiger charge is -2.28. The maximum atomic E-state index is 12.1. The van der Waals surface area contributed by atoms with Gasteiger partial charge in [0.2, 0.25) is 5.91 Å². The first kappa shape index (κ1) is 15.0. The van der Waals surface area contributed by atoms with Crippen molar-refractivity contribution in [2.75, 3.05) is 0 Å². The van der Waals surface area contributed by atoms with Crippen molar-refractivity contribution in [3.8, 4) is 0 Å². The van der Waals surface area contributed by atoms with Crippen LogP contribution in [0, 0.1) is 34.8 Å². The van der Waals surface area contributed by atoms with Gasteiger partial charge < -0.3 is 5.32 Å². The Hall–Kier alpha value is -1.92. The van der Waals surface area contributed by atoms with Crippen LogP contribution < -0.4 is 5.32 Å². The van der Waals surface area contributed by atoms with Crippen LogP contribution in [0.25, 0.3) is 0 Å². The molecule has 0 saturated heterocycles. The van der Waals surface area contributed by atoms with E-state index >= 15 is 0 Å². The van der Waals surface area contributed by atoms with Gasteiger partial charge in [0.05, 0.1) is 4.92 Å².